The summed E-state index contributed by atoms with van der Waals surface area (Å²) in [6, 6.07) is 7.95. The van der Waals surface area contributed by atoms with Gasteiger partial charge in [-0.3, -0.25) is 4.98 Å². The number of hydrogen-bond acceptors (Lipinski definition) is 3. The molecule has 3 nitrogen and oxygen atoms in total. The maximum absolute atomic E-state index is 6.14. The van der Waals surface area contributed by atoms with Gasteiger partial charge in [0.15, 0.2) is 0 Å². The van der Waals surface area contributed by atoms with E-state index in [1.165, 1.54) is 5.56 Å². The van der Waals surface area contributed by atoms with Gasteiger partial charge in [-0.1, -0.05) is 12.1 Å². The molecule has 2 aromatic rings. The molecule has 1 aromatic carbocycles. The summed E-state index contributed by atoms with van der Waals surface area (Å²) in [6.45, 7) is 0. The van der Waals surface area contributed by atoms with Crippen LogP contribution < -0.4 is 11.5 Å². The van der Waals surface area contributed by atoms with Gasteiger partial charge in [-0.15, -0.1) is 0 Å². The third-order valence-corrected chi connectivity index (χ3v) is 3.14. The lowest BCUT2D eigenvalue weighted by Crippen LogP contribution is -2.18. The van der Waals surface area contributed by atoms with Crippen LogP contribution in [0.15, 0.2) is 30.5 Å². The molecule has 0 radical (unpaired) electrons. The van der Waals surface area contributed by atoms with Gasteiger partial charge >= 0.3 is 0 Å². The zero-order chi connectivity index (χ0) is 10.5. The molecule has 15 heavy (non-hydrogen) atoms. The van der Waals surface area contributed by atoms with Crippen molar-refractivity contribution in [3.05, 3.63) is 36.0 Å². The molecule has 1 aliphatic rings. The van der Waals surface area contributed by atoms with Crippen molar-refractivity contribution in [2.75, 3.05) is 5.73 Å². The summed E-state index contributed by atoms with van der Waals surface area (Å²) in [4.78, 5) is 4.31. The van der Waals surface area contributed by atoms with Gasteiger partial charge in [0.05, 0.1) is 5.52 Å². The molecule has 1 heterocycles. The average Bonchev–Trinajstić information content (AvgIpc) is 2.98. The fourth-order valence-electron chi connectivity index (χ4n) is 1.90. The van der Waals surface area contributed by atoms with Crippen molar-refractivity contribution in [1.82, 2.24) is 4.98 Å². The van der Waals surface area contributed by atoms with Crippen molar-refractivity contribution in [3.63, 3.8) is 0 Å². The Morgan fingerprint density at radius 2 is 2.00 bits per heavy atom. The van der Waals surface area contributed by atoms with Crippen LogP contribution in [-0.4, -0.2) is 4.98 Å². The maximum Gasteiger partial charge on any atom is 0.0726 e. The summed E-state index contributed by atoms with van der Waals surface area (Å²) >= 11 is 0. The van der Waals surface area contributed by atoms with Crippen molar-refractivity contribution in [1.29, 1.82) is 0 Å². The first-order valence-electron chi connectivity index (χ1n) is 5.13. The predicted octanol–water partition coefficient (Wildman–Crippen LogP) is 1.76. The second-order valence-electron chi connectivity index (χ2n) is 4.29. The Morgan fingerprint density at radius 1 is 1.20 bits per heavy atom. The smallest absolute Gasteiger partial charge is 0.0726 e. The van der Waals surface area contributed by atoms with E-state index >= 15 is 0 Å². The van der Waals surface area contributed by atoms with E-state index in [1.807, 2.05) is 12.1 Å². The van der Waals surface area contributed by atoms with Crippen molar-refractivity contribution in [2.24, 2.45) is 5.73 Å². The number of anilines is 1. The van der Waals surface area contributed by atoms with Crippen LogP contribution in [0.1, 0.15) is 18.4 Å². The quantitative estimate of drug-likeness (QED) is 0.735. The molecular formula is C12H13N3. The number of hydrogen-bond donors (Lipinski definition) is 2. The molecule has 3 rings (SSSR count). The lowest BCUT2D eigenvalue weighted by molar-refractivity contribution is 0.741. The Morgan fingerprint density at radius 3 is 2.73 bits per heavy atom. The van der Waals surface area contributed by atoms with Gasteiger partial charge in [-0.05, 0) is 30.5 Å². The lowest BCUT2D eigenvalue weighted by atomic mass is 10.0. The fourth-order valence-corrected chi connectivity index (χ4v) is 1.90. The Balaban J connectivity index is 2.23. The van der Waals surface area contributed by atoms with E-state index in [4.69, 9.17) is 11.5 Å². The summed E-state index contributed by atoms with van der Waals surface area (Å²) in [5.74, 6) is 0. The van der Waals surface area contributed by atoms with E-state index in [1.54, 1.807) is 6.20 Å². The molecule has 4 N–H and O–H groups in total. The standard InChI is InChI=1S/C12H13N3/c13-10-3-6-15-11-7-8(1-2-9(10)11)12(14)4-5-12/h1-3,6-7H,4-5,14H2,(H2,13,15). The number of benzene rings is 1. The molecule has 1 saturated carbocycles. The minimum absolute atomic E-state index is 0.0968. The summed E-state index contributed by atoms with van der Waals surface area (Å²) < 4.78 is 0. The number of nitrogen functional groups attached to an aromatic ring is 1. The molecule has 0 saturated heterocycles. The molecule has 0 atom stereocenters. The number of fused-ring (bicyclic) bond motifs is 1. The van der Waals surface area contributed by atoms with Crippen molar-refractivity contribution < 1.29 is 0 Å². The van der Waals surface area contributed by atoms with Crippen LogP contribution in [0.2, 0.25) is 0 Å². The van der Waals surface area contributed by atoms with Gasteiger partial charge in [-0.2, -0.15) is 0 Å². The topological polar surface area (TPSA) is 64.9 Å². The zero-order valence-electron chi connectivity index (χ0n) is 8.40. The summed E-state index contributed by atoms with van der Waals surface area (Å²) in [5, 5.41) is 1.01. The van der Waals surface area contributed by atoms with Crippen LogP contribution in [0, 0.1) is 0 Å². The highest BCUT2D eigenvalue weighted by Crippen LogP contribution is 2.43. The maximum atomic E-state index is 6.14. The highest BCUT2D eigenvalue weighted by molar-refractivity contribution is 5.90. The lowest BCUT2D eigenvalue weighted by Gasteiger charge is -2.10. The number of nitrogens with zero attached hydrogens (tertiary/aromatic N) is 1. The summed E-state index contributed by atoms with van der Waals surface area (Å²) in [7, 11) is 0. The molecule has 1 fully saturated rings. The molecule has 0 bridgehead atoms. The van der Waals surface area contributed by atoms with Crippen LogP contribution in [-0.2, 0) is 5.54 Å². The van der Waals surface area contributed by atoms with Crippen LogP contribution in [0.25, 0.3) is 10.9 Å². The first-order valence-corrected chi connectivity index (χ1v) is 5.13. The fraction of sp³-hybridized carbons (Fsp3) is 0.250. The molecular weight excluding hydrogens is 186 g/mol. The third kappa shape index (κ3) is 1.27. The van der Waals surface area contributed by atoms with E-state index in [9.17, 15) is 0 Å². The van der Waals surface area contributed by atoms with E-state index < -0.39 is 0 Å². The Bertz CT molecular complexity index is 529. The molecule has 1 aliphatic carbocycles. The molecule has 0 unspecified atom stereocenters. The third-order valence-electron chi connectivity index (χ3n) is 3.14. The second kappa shape index (κ2) is 2.70. The van der Waals surface area contributed by atoms with E-state index in [2.05, 4.69) is 17.1 Å². The van der Waals surface area contributed by atoms with Crippen LogP contribution in [0.4, 0.5) is 5.69 Å². The van der Waals surface area contributed by atoms with Gasteiger partial charge in [0, 0.05) is 22.8 Å². The largest absolute Gasteiger partial charge is 0.398 e. The SMILES string of the molecule is Nc1ccnc2cc(C3(N)CC3)ccc12. The minimum atomic E-state index is -0.0968. The summed E-state index contributed by atoms with van der Waals surface area (Å²) in [6.07, 6.45) is 3.87. The monoisotopic (exact) mass is 199 g/mol. The molecule has 0 amide bonds. The van der Waals surface area contributed by atoms with Crippen LogP contribution >= 0.6 is 0 Å². The van der Waals surface area contributed by atoms with E-state index in [0.717, 1.165) is 29.4 Å². The van der Waals surface area contributed by atoms with Gasteiger partial charge in [0.2, 0.25) is 0 Å². The predicted molar refractivity (Wildman–Crippen MR) is 61.3 cm³/mol. The molecule has 76 valence electrons. The normalized spacial score (nSPS) is 17.9. The molecule has 3 heteroatoms. The Hall–Kier alpha value is -1.61. The van der Waals surface area contributed by atoms with Gasteiger partial charge in [0.25, 0.3) is 0 Å². The van der Waals surface area contributed by atoms with E-state index in [-0.39, 0.29) is 5.54 Å². The minimum Gasteiger partial charge on any atom is -0.398 e. The molecule has 0 aliphatic heterocycles. The highest BCUT2D eigenvalue weighted by atomic mass is 14.8. The summed E-state index contributed by atoms with van der Waals surface area (Å²) in [5.41, 5.74) is 14.8. The number of nitrogens with two attached hydrogens (primary N) is 2. The van der Waals surface area contributed by atoms with Gasteiger partial charge in [-0.25, -0.2) is 0 Å². The van der Waals surface area contributed by atoms with Gasteiger partial charge < -0.3 is 11.5 Å². The number of rotatable bonds is 1. The zero-order valence-corrected chi connectivity index (χ0v) is 8.40. The average molecular weight is 199 g/mol. The number of aromatic nitrogens is 1. The first kappa shape index (κ1) is 8.68. The van der Waals surface area contributed by atoms with E-state index in [0.29, 0.717) is 0 Å². The molecule has 1 aromatic heterocycles. The van der Waals surface area contributed by atoms with Crippen molar-refractivity contribution >= 4 is 16.6 Å². The highest BCUT2D eigenvalue weighted by Gasteiger charge is 2.39. The van der Waals surface area contributed by atoms with Crippen molar-refractivity contribution in [2.45, 2.75) is 18.4 Å². The first-order chi connectivity index (χ1) is 7.19. The van der Waals surface area contributed by atoms with Crippen molar-refractivity contribution in [3.8, 4) is 0 Å². The van der Waals surface area contributed by atoms with Crippen LogP contribution in [0.3, 0.4) is 0 Å². The van der Waals surface area contributed by atoms with Gasteiger partial charge in [0.1, 0.15) is 0 Å². The second-order valence-corrected chi connectivity index (χ2v) is 4.29. The number of pyridine rings is 1. The Kier molecular flexibility index (Phi) is 1.56. The Labute approximate surface area is 88.1 Å². The molecule has 0 spiro atoms. The van der Waals surface area contributed by atoms with Crippen LogP contribution in [0.5, 0.6) is 0 Å².